The Kier molecular flexibility index (Phi) is 1.79. The molecule has 0 spiro atoms. The lowest BCUT2D eigenvalue weighted by Gasteiger charge is -1.91. The highest BCUT2D eigenvalue weighted by Crippen LogP contribution is 2.12. The van der Waals surface area contributed by atoms with Crippen LogP contribution in [0.2, 0.25) is 5.02 Å². The van der Waals surface area contributed by atoms with Crippen LogP contribution in [0.3, 0.4) is 0 Å². The van der Waals surface area contributed by atoms with E-state index in [2.05, 4.69) is 9.97 Å². The number of halogens is 1. The molecule has 2 aromatic heterocycles. The van der Waals surface area contributed by atoms with E-state index < -0.39 is 0 Å². The molecule has 2 heterocycles. The molecule has 2 aromatic rings. The number of aromatic amines is 1. The van der Waals surface area contributed by atoms with E-state index in [-0.39, 0.29) is 0 Å². The van der Waals surface area contributed by atoms with Crippen molar-refractivity contribution in [1.29, 1.82) is 0 Å². The quantitative estimate of drug-likeness (QED) is 0.625. The normalized spacial score (nSPS) is 10.5. The summed E-state index contributed by atoms with van der Waals surface area (Å²) >= 11 is 5.73. The van der Waals surface area contributed by atoms with Crippen molar-refractivity contribution < 1.29 is 5.02 Å². The third-order valence-electron chi connectivity index (χ3n) is 1.67. The van der Waals surface area contributed by atoms with Gasteiger partial charge in [0.15, 0.2) is 0 Å². The van der Waals surface area contributed by atoms with Gasteiger partial charge in [-0.25, -0.2) is 4.98 Å². The first-order valence-corrected chi connectivity index (χ1v) is 3.79. The molecule has 59 valence electrons. The van der Waals surface area contributed by atoms with E-state index in [1.54, 1.807) is 18.5 Å². The molecule has 0 aliphatic rings. The van der Waals surface area contributed by atoms with Crippen LogP contribution in [-0.2, 0) is 0 Å². The number of fused-ring (bicyclic) bond motifs is 1. The Balaban J connectivity index is 2.75. The number of nitrogens with zero attached hydrogens (tertiary/aromatic N) is 1. The molecule has 0 atom stereocenters. The van der Waals surface area contributed by atoms with Crippen LogP contribution < -0.4 is 5.46 Å². The van der Waals surface area contributed by atoms with E-state index in [0.29, 0.717) is 10.5 Å². The largest absolute Gasteiger partial charge is 0.450 e. The maximum Gasteiger partial charge on any atom is 0.329 e. The Labute approximate surface area is 74.7 Å². The summed E-state index contributed by atoms with van der Waals surface area (Å²) in [4.78, 5) is 6.94. The Hall–Kier alpha value is -0.995. The minimum atomic E-state index is 0.560. The van der Waals surface area contributed by atoms with Gasteiger partial charge in [-0.15, -0.1) is 0 Å². The molecule has 2 rings (SSSR count). The number of pyridine rings is 1. The van der Waals surface area contributed by atoms with Crippen LogP contribution in [0.4, 0.5) is 0 Å². The standard InChI is InChI=1S/C7H5BClN2O/c9-4-1-5-6(8-12)3-11-7(5)10-2-4/h1-3,12H,(H,10,11). The van der Waals surface area contributed by atoms with Crippen molar-refractivity contribution in [2.45, 2.75) is 0 Å². The van der Waals surface area contributed by atoms with E-state index in [9.17, 15) is 0 Å². The number of aromatic nitrogens is 2. The van der Waals surface area contributed by atoms with Gasteiger partial charge in [0.1, 0.15) is 5.65 Å². The van der Waals surface area contributed by atoms with Crippen molar-refractivity contribution in [2.24, 2.45) is 0 Å². The van der Waals surface area contributed by atoms with E-state index in [0.717, 1.165) is 18.5 Å². The Morgan fingerprint density at radius 1 is 1.58 bits per heavy atom. The van der Waals surface area contributed by atoms with Crippen LogP contribution in [0.25, 0.3) is 11.0 Å². The predicted octanol–water partition coefficient (Wildman–Crippen LogP) is 0.453. The smallest absolute Gasteiger partial charge is 0.329 e. The molecule has 5 heteroatoms. The van der Waals surface area contributed by atoms with Gasteiger partial charge in [0.2, 0.25) is 0 Å². The maximum absolute atomic E-state index is 8.80. The van der Waals surface area contributed by atoms with Gasteiger partial charge in [0.25, 0.3) is 0 Å². The molecule has 0 fully saturated rings. The Bertz CT molecular complexity index is 415. The zero-order valence-electron chi connectivity index (χ0n) is 6.08. The minimum Gasteiger partial charge on any atom is -0.450 e. The first-order valence-electron chi connectivity index (χ1n) is 3.41. The fraction of sp³-hybridized carbons (Fsp3) is 0. The van der Waals surface area contributed by atoms with E-state index in [1.807, 2.05) is 0 Å². The molecule has 12 heavy (non-hydrogen) atoms. The fourth-order valence-electron chi connectivity index (χ4n) is 1.11. The molecule has 0 amide bonds. The first-order chi connectivity index (χ1) is 5.81. The average molecular weight is 179 g/mol. The average Bonchev–Trinajstić information content (AvgIpc) is 2.46. The van der Waals surface area contributed by atoms with Crippen molar-refractivity contribution in [3.63, 3.8) is 0 Å². The second kappa shape index (κ2) is 2.81. The van der Waals surface area contributed by atoms with Crippen molar-refractivity contribution in [3.8, 4) is 0 Å². The van der Waals surface area contributed by atoms with Gasteiger partial charge in [-0.3, -0.25) is 0 Å². The van der Waals surface area contributed by atoms with Crippen LogP contribution in [0.1, 0.15) is 0 Å². The number of hydrogen-bond acceptors (Lipinski definition) is 2. The summed E-state index contributed by atoms with van der Waals surface area (Å²) < 4.78 is 0. The number of hydrogen-bond donors (Lipinski definition) is 2. The van der Waals surface area contributed by atoms with Crippen molar-refractivity contribution in [3.05, 3.63) is 23.5 Å². The van der Waals surface area contributed by atoms with Gasteiger partial charge in [-0.2, -0.15) is 0 Å². The molecule has 0 aliphatic heterocycles. The van der Waals surface area contributed by atoms with Gasteiger partial charge < -0.3 is 10.0 Å². The number of nitrogens with one attached hydrogen (secondary N) is 1. The van der Waals surface area contributed by atoms with Gasteiger partial charge in [-0.1, -0.05) is 11.6 Å². The fourth-order valence-corrected chi connectivity index (χ4v) is 1.26. The summed E-state index contributed by atoms with van der Waals surface area (Å²) in [6.07, 6.45) is 3.23. The monoisotopic (exact) mass is 179 g/mol. The van der Waals surface area contributed by atoms with Gasteiger partial charge >= 0.3 is 7.48 Å². The van der Waals surface area contributed by atoms with Gasteiger partial charge in [0.05, 0.1) is 5.02 Å². The predicted molar refractivity (Wildman–Crippen MR) is 48.7 cm³/mol. The third-order valence-corrected chi connectivity index (χ3v) is 1.88. The molecule has 0 aliphatic carbocycles. The lowest BCUT2D eigenvalue weighted by atomic mass is 9.89. The lowest BCUT2D eigenvalue weighted by molar-refractivity contribution is 0.616. The third kappa shape index (κ3) is 1.09. The molecule has 0 aromatic carbocycles. The van der Waals surface area contributed by atoms with Crippen molar-refractivity contribution in [2.75, 3.05) is 0 Å². The molecule has 3 nitrogen and oxygen atoms in total. The van der Waals surface area contributed by atoms with Crippen LogP contribution in [0.5, 0.6) is 0 Å². The highest BCUT2D eigenvalue weighted by molar-refractivity contribution is 6.50. The summed E-state index contributed by atoms with van der Waals surface area (Å²) in [5, 5.41) is 10.2. The maximum atomic E-state index is 8.80. The number of rotatable bonds is 1. The van der Waals surface area contributed by atoms with E-state index in [4.69, 9.17) is 16.6 Å². The summed E-state index contributed by atoms with van der Waals surface area (Å²) in [6.45, 7) is 0. The summed E-state index contributed by atoms with van der Waals surface area (Å²) in [5.41, 5.74) is 1.42. The summed E-state index contributed by atoms with van der Waals surface area (Å²) in [6, 6.07) is 1.75. The molecule has 1 radical (unpaired) electrons. The van der Waals surface area contributed by atoms with Gasteiger partial charge in [0, 0.05) is 11.6 Å². The van der Waals surface area contributed by atoms with Crippen molar-refractivity contribution in [1.82, 2.24) is 9.97 Å². The topological polar surface area (TPSA) is 48.9 Å². The molecule has 0 saturated carbocycles. The zero-order chi connectivity index (χ0) is 8.55. The Morgan fingerprint density at radius 2 is 2.42 bits per heavy atom. The van der Waals surface area contributed by atoms with Gasteiger partial charge in [-0.05, 0) is 17.7 Å². The highest BCUT2D eigenvalue weighted by atomic mass is 35.5. The second-order valence-electron chi connectivity index (χ2n) is 2.42. The molecule has 0 unspecified atom stereocenters. The van der Waals surface area contributed by atoms with Crippen LogP contribution in [0, 0.1) is 0 Å². The summed E-state index contributed by atoms with van der Waals surface area (Å²) in [7, 11) is 1.02. The molecule has 0 saturated heterocycles. The van der Waals surface area contributed by atoms with Crippen LogP contribution >= 0.6 is 11.6 Å². The Morgan fingerprint density at radius 3 is 3.17 bits per heavy atom. The zero-order valence-corrected chi connectivity index (χ0v) is 6.84. The molecule has 2 N–H and O–H groups in total. The van der Waals surface area contributed by atoms with Crippen LogP contribution in [-0.4, -0.2) is 22.5 Å². The summed E-state index contributed by atoms with van der Waals surface area (Å²) in [5.74, 6) is 0. The van der Waals surface area contributed by atoms with E-state index in [1.165, 1.54) is 0 Å². The second-order valence-corrected chi connectivity index (χ2v) is 2.86. The first kappa shape index (κ1) is 7.64. The minimum absolute atomic E-state index is 0.560. The number of H-pyrrole nitrogens is 1. The lowest BCUT2D eigenvalue weighted by Crippen LogP contribution is -2.10. The highest BCUT2D eigenvalue weighted by Gasteiger charge is 2.04. The molecular weight excluding hydrogens is 174 g/mol. The van der Waals surface area contributed by atoms with Crippen LogP contribution in [0.15, 0.2) is 18.5 Å². The molecular formula is C7H5BClN2O. The SMILES string of the molecule is O[B]c1c[nH]c2ncc(Cl)cc12. The molecule has 0 bridgehead atoms. The van der Waals surface area contributed by atoms with E-state index >= 15 is 0 Å². The van der Waals surface area contributed by atoms with Crippen molar-refractivity contribution >= 4 is 35.6 Å².